The third-order valence-corrected chi connectivity index (χ3v) is 4.88. The highest BCUT2D eigenvalue weighted by molar-refractivity contribution is 5.92. The zero-order chi connectivity index (χ0) is 22.1. The lowest BCUT2D eigenvalue weighted by Gasteiger charge is -2.25. The maximum absolute atomic E-state index is 12.0. The third kappa shape index (κ3) is 14.9. The van der Waals surface area contributed by atoms with Crippen molar-refractivity contribution in [1.82, 2.24) is 15.7 Å². The van der Waals surface area contributed by atoms with Gasteiger partial charge in [0.1, 0.15) is 0 Å². The largest absolute Gasteiger partial charge is 0.356 e. The molecule has 170 valence electrons. The summed E-state index contributed by atoms with van der Waals surface area (Å²) in [7, 11) is 0. The first-order valence-corrected chi connectivity index (χ1v) is 11.3. The highest BCUT2D eigenvalue weighted by Crippen LogP contribution is 2.19. The number of hydrogen-bond donors (Lipinski definition) is 3. The third-order valence-electron chi connectivity index (χ3n) is 4.88. The van der Waals surface area contributed by atoms with Crippen molar-refractivity contribution in [2.75, 3.05) is 13.1 Å². The van der Waals surface area contributed by atoms with Crippen LogP contribution in [0.3, 0.4) is 0 Å². The maximum Gasteiger partial charge on any atom is 0.348 e. The number of rotatable bonds is 16. The normalized spacial score (nSPS) is 11.2. The standard InChI is InChI=1S/C22H43N3O4/c1-5-7-9-10-11-12-13-14-15-20(27)25(29)21(28)24-18-22(3,4)17-19(26)23-16-8-6-2/h29H,5-18H2,1-4H3,(H,23,26)(H,24,28). The van der Waals surface area contributed by atoms with Crippen LogP contribution in [0.15, 0.2) is 0 Å². The molecule has 0 aromatic heterocycles. The molecule has 0 rings (SSSR count). The van der Waals surface area contributed by atoms with Crippen molar-refractivity contribution in [2.45, 2.75) is 105 Å². The van der Waals surface area contributed by atoms with Gasteiger partial charge in [0.2, 0.25) is 5.91 Å². The van der Waals surface area contributed by atoms with Gasteiger partial charge in [-0.2, -0.15) is 0 Å². The van der Waals surface area contributed by atoms with Crippen molar-refractivity contribution >= 4 is 17.8 Å². The first-order chi connectivity index (χ1) is 13.7. The number of nitrogens with one attached hydrogen (secondary N) is 2. The molecule has 7 nitrogen and oxygen atoms in total. The molecule has 29 heavy (non-hydrogen) atoms. The number of carbonyl (C=O) groups excluding carboxylic acids is 3. The quantitative estimate of drug-likeness (QED) is 0.193. The molecule has 0 spiro atoms. The number of hydroxylamine groups is 2. The Morgan fingerprint density at radius 1 is 0.828 bits per heavy atom. The van der Waals surface area contributed by atoms with E-state index >= 15 is 0 Å². The van der Waals surface area contributed by atoms with Crippen LogP contribution in [0.25, 0.3) is 0 Å². The highest BCUT2D eigenvalue weighted by atomic mass is 16.5. The molecule has 0 aliphatic rings. The van der Waals surface area contributed by atoms with Crippen molar-refractivity contribution in [3.8, 4) is 0 Å². The summed E-state index contributed by atoms with van der Waals surface area (Å²) >= 11 is 0. The topological polar surface area (TPSA) is 98.7 Å². The molecule has 0 radical (unpaired) electrons. The van der Waals surface area contributed by atoms with E-state index in [1.165, 1.54) is 32.1 Å². The summed E-state index contributed by atoms with van der Waals surface area (Å²) in [6.45, 7) is 8.80. The van der Waals surface area contributed by atoms with Crippen LogP contribution in [0.2, 0.25) is 0 Å². The number of unbranched alkanes of at least 4 members (excludes halogenated alkanes) is 8. The van der Waals surface area contributed by atoms with Crippen LogP contribution in [-0.2, 0) is 9.59 Å². The number of urea groups is 1. The Morgan fingerprint density at radius 3 is 1.97 bits per heavy atom. The molecule has 0 saturated heterocycles. The van der Waals surface area contributed by atoms with E-state index in [9.17, 15) is 19.6 Å². The van der Waals surface area contributed by atoms with E-state index in [2.05, 4.69) is 24.5 Å². The second-order valence-electron chi connectivity index (χ2n) is 8.63. The smallest absolute Gasteiger partial charge is 0.348 e. The molecule has 0 aromatic carbocycles. The van der Waals surface area contributed by atoms with Gasteiger partial charge in [0.05, 0.1) is 0 Å². The maximum atomic E-state index is 12.0. The molecule has 0 aliphatic carbocycles. The van der Waals surface area contributed by atoms with Gasteiger partial charge in [0.15, 0.2) is 0 Å². The van der Waals surface area contributed by atoms with Crippen LogP contribution in [0, 0.1) is 5.41 Å². The molecule has 0 unspecified atom stereocenters. The van der Waals surface area contributed by atoms with Crippen LogP contribution in [0.4, 0.5) is 4.79 Å². The SMILES string of the molecule is CCCCCCCCCCC(=O)N(O)C(=O)NCC(C)(C)CC(=O)NCCCC. The Labute approximate surface area is 176 Å². The van der Waals surface area contributed by atoms with Crippen LogP contribution in [0.5, 0.6) is 0 Å². The predicted octanol–water partition coefficient (Wildman–Crippen LogP) is 4.78. The second-order valence-corrected chi connectivity index (χ2v) is 8.63. The van der Waals surface area contributed by atoms with Gasteiger partial charge in [-0.15, -0.1) is 5.06 Å². The zero-order valence-corrected chi connectivity index (χ0v) is 19.0. The Kier molecular flexibility index (Phi) is 15.3. The molecule has 0 atom stereocenters. The van der Waals surface area contributed by atoms with E-state index in [1.807, 2.05) is 13.8 Å². The van der Waals surface area contributed by atoms with Gasteiger partial charge < -0.3 is 10.6 Å². The lowest BCUT2D eigenvalue weighted by Crippen LogP contribution is -2.45. The number of amides is 4. The predicted molar refractivity (Wildman–Crippen MR) is 116 cm³/mol. The van der Waals surface area contributed by atoms with Gasteiger partial charge >= 0.3 is 6.03 Å². The summed E-state index contributed by atoms with van der Waals surface area (Å²) in [5, 5.41) is 15.4. The molecular formula is C22H43N3O4. The Hall–Kier alpha value is -1.63. The molecular weight excluding hydrogens is 370 g/mol. The van der Waals surface area contributed by atoms with E-state index < -0.39 is 17.4 Å². The molecule has 3 N–H and O–H groups in total. The van der Waals surface area contributed by atoms with Crippen LogP contribution >= 0.6 is 0 Å². The van der Waals surface area contributed by atoms with Crippen LogP contribution in [0.1, 0.15) is 105 Å². The molecule has 4 amide bonds. The molecule has 7 heteroatoms. The van der Waals surface area contributed by atoms with Gasteiger partial charge in [-0.3, -0.25) is 14.8 Å². The minimum Gasteiger partial charge on any atom is -0.356 e. The van der Waals surface area contributed by atoms with Gasteiger partial charge in [0.25, 0.3) is 5.91 Å². The number of nitrogens with zero attached hydrogens (tertiary/aromatic N) is 1. The second kappa shape index (κ2) is 16.2. The molecule has 0 aromatic rings. The summed E-state index contributed by atoms with van der Waals surface area (Å²) in [6.07, 6.45) is 11.2. The van der Waals surface area contributed by atoms with Crippen LogP contribution < -0.4 is 10.6 Å². The van der Waals surface area contributed by atoms with Gasteiger partial charge in [-0.1, -0.05) is 79.1 Å². The number of imide groups is 1. The van der Waals surface area contributed by atoms with E-state index in [0.29, 0.717) is 13.0 Å². The highest BCUT2D eigenvalue weighted by Gasteiger charge is 2.25. The van der Waals surface area contributed by atoms with E-state index in [-0.39, 0.29) is 30.4 Å². The average Bonchev–Trinajstić information content (AvgIpc) is 2.67. The first kappa shape index (κ1) is 27.4. The molecule has 0 saturated carbocycles. The summed E-state index contributed by atoms with van der Waals surface area (Å²) < 4.78 is 0. The summed E-state index contributed by atoms with van der Waals surface area (Å²) in [5.41, 5.74) is -0.479. The number of hydrogen-bond acceptors (Lipinski definition) is 4. The van der Waals surface area contributed by atoms with E-state index in [0.717, 1.165) is 25.7 Å². The fourth-order valence-electron chi connectivity index (χ4n) is 2.98. The van der Waals surface area contributed by atoms with E-state index in [1.54, 1.807) is 0 Å². The van der Waals surface area contributed by atoms with Crippen molar-refractivity contribution in [3.05, 3.63) is 0 Å². The summed E-state index contributed by atoms with van der Waals surface area (Å²) in [4.78, 5) is 35.9. The van der Waals surface area contributed by atoms with Gasteiger partial charge in [-0.05, 0) is 18.3 Å². The van der Waals surface area contributed by atoms with Crippen molar-refractivity contribution < 1.29 is 19.6 Å². The van der Waals surface area contributed by atoms with Crippen molar-refractivity contribution in [1.29, 1.82) is 0 Å². The minimum atomic E-state index is -0.839. The summed E-state index contributed by atoms with van der Waals surface area (Å²) in [5.74, 6) is -0.659. The molecule has 0 fully saturated rings. The Bertz CT molecular complexity index is 481. The zero-order valence-electron chi connectivity index (χ0n) is 19.0. The monoisotopic (exact) mass is 413 g/mol. The lowest BCUT2D eigenvalue weighted by molar-refractivity contribution is -0.153. The van der Waals surface area contributed by atoms with E-state index in [4.69, 9.17) is 0 Å². The number of carbonyl (C=O) groups is 3. The minimum absolute atomic E-state index is 0.0654. The average molecular weight is 414 g/mol. The van der Waals surface area contributed by atoms with Crippen molar-refractivity contribution in [3.63, 3.8) is 0 Å². The van der Waals surface area contributed by atoms with Crippen molar-refractivity contribution in [2.24, 2.45) is 5.41 Å². The first-order valence-electron chi connectivity index (χ1n) is 11.3. The van der Waals surface area contributed by atoms with Gasteiger partial charge in [0, 0.05) is 25.9 Å². The van der Waals surface area contributed by atoms with Crippen LogP contribution in [-0.4, -0.2) is 41.2 Å². The Morgan fingerprint density at radius 2 is 1.38 bits per heavy atom. The van der Waals surface area contributed by atoms with Gasteiger partial charge in [-0.25, -0.2) is 4.79 Å². The molecule has 0 aliphatic heterocycles. The Balaban J connectivity index is 4.03. The fourth-order valence-corrected chi connectivity index (χ4v) is 2.98. The summed E-state index contributed by atoms with van der Waals surface area (Å²) in [6, 6.07) is -0.839. The molecule has 0 bridgehead atoms. The lowest BCUT2D eigenvalue weighted by atomic mass is 9.89. The molecule has 0 heterocycles. The fraction of sp³-hybridized carbons (Fsp3) is 0.864.